The van der Waals surface area contributed by atoms with Crippen molar-refractivity contribution < 1.29 is 9.47 Å². The molecule has 4 aromatic rings. The molecule has 2 aromatic carbocycles. The number of H-pyrrole nitrogens is 1. The smallest absolute Gasteiger partial charge is 0.226 e. The number of benzene rings is 2. The molecule has 7 heteroatoms. The van der Waals surface area contributed by atoms with E-state index in [1.165, 1.54) is 5.57 Å². The highest BCUT2D eigenvalue weighted by atomic mass is 16.5. The number of aromatic nitrogens is 3. The average molecular weight is 491 g/mol. The minimum absolute atomic E-state index is 0.0577. The highest BCUT2D eigenvalue weighted by molar-refractivity contribution is 5.80. The Labute approximate surface area is 214 Å². The lowest BCUT2D eigenvalue weighted by atomic mass is 9.96. The maximum Gasteiger partial charge on any atom is 0.226 e. The van der Waals surface area contributed by atoms with Gasteiger partial charge in [-0.2, -0.15) is 0 Å². The molecule has 1 aliphatic carbocycles. The molecular formula is C30H26N4O3. The molecule has 0 amide bonds. The van der Waals surface area contributed by atoms with Crippen LogP contribution in [0.4, 0.5) is 5.95 Å². The molecule has 2 aromatic heterocycles. The van der Waals surface area contributed by atoms with Crippen LogP contribution in [0.2, 0.25) is 0 Å². The Morgan fingerprint density at radius 2 is 1.86 bits per heavy atom. The van der Waals surface area contributed by atoms with E-state index >= 15 is 0 Å². The molecule has 4 heterocycles. The third-order valence-electron chi connectivity index (χ3n) is 7.63. The van der Waals surface area contributed by atoms with Gasteiger partial charge in [0.15, 0.2) is 5.43 Å². The summed E-state index contributed by atoms with van der Waals surface area (Å²) >= 11 is 0. The van der Waals surface area contributed by atoms with Gasteiger partial charge in [0, 0.05) is 40.8 Å². The molecule has 3 aliphatic rings. The first-order chi connectivity index (χ1) is 18.2. The summed E-state index contributed by atoms with van der Waals surface area (Å²) in [5.41, 5.74) is 5.83. The number of para-hydroxylation sites is 1. The normalized spacial score (nSPS) is 20.2. The fraction of sp³-hybridized carbons (Fsp3) is 0.233. The Bertz CT molecular complexity index is 1620. The van der Waals surface area contributed by atoms with Crippen molar-refractivity contribution in [2.75, 3.05) is 12.0 Å². The number of nitrogens with one attached hydrogen (secondary N) is 1. The quantitative estimate of drug-likeness (QED) is 0.410. The Balaban J connectivity index is 1.28. The average Bonchev–Trinajstić information content (AvgIpc) is 3.55. The first kappa shape index (κ1) is 21.9. The minimum Gasteiger partial charge on any atom is -0.497 e. The summed E-state index contributed by atoms with van der Waals surface area (Å²) in [5.74, 6) is 2.36. The van der Waals surface area contributed by atoms with Crippen LogP contribution in [0.1, 0.15) is 36.6 Å². The van der Waals surface area contributed by atoms with Crippen LogP contribution in [-0.2, 0) is 11.3 Å². The Hall–Kier alpha value is -4.39. The van der Waals surface area contributed by atoms with Gasteiger partial charge in [0.25, 0.3) is 0 Å². The first-order valence-corrected chi connectivity index (χ1v) is 12.6. The van der Waals surface area contributed by atoms with Gasteiger partial charge in [0.05, 0.1) is 19.3 Å². The second-order valence-electron chi connectivity index (χ2n) is 9.73. The van der Waals surface area contributed by atoms with Gasteiger partial charge >= 0.3 is 0 Å². The molecule has 2 aliphatic heterocycles. The number of allylic oxidation sites excluding steroid dienone is 2. The molecule has 184 valence electrons. The van der Waals surface area contributed by atoms with Gasteiger partial charge in [-0.15, -0.1) is 0 Å². The molecule has 1 N–H and O–H groups in total. The van der Waals surface area contributed by atoms with Crippen LogP contribution in [-0.4, -0.2) is 28.2 Å². The van der Waals surface area contributed by atoms with E-state index in [-0.39, 0.29) is 17.6 Å². The predicted octanol–water partition coefficient (Wildman–Crippen LogP) is 5.45. The zero-order chi connectivity index (χ0) is 24.9. The van der Waals surface area contributed by atoms with E-state index in [0.717, 1.165) is 58.7 Å². The van der Waals surface area contributed by atoms with Crippen molar-refractivity contribution in [1.29, 1.82) is 0 Å². The summed E-state index contributed by atoms with van der Waals surface area (Å²) < 4.78 is 11.8. The van der Waals surface area contributed by atoms with Gasteiger partial charge in [-0.1, -0.05) is 30.3 Å². The monoisotopic (exact) mass is 490 g/mol. The van der Waals surface area contributed by atoms with Crippen LogP contribution in [0.5, 0.6) is 5.75 Å². The van der Waals surface area contributed by atoms with Crippen LogP contribution in [0, 0.1) is 0 Å². The number of anilines is 1. The van der Waals surface area contributed by atoms with Crippen LogP contribution in [0.3, 0.4) is 0 Å². The molecule has 37 heavy (non-hydrogen) atoms. The lowest BCUT2D eigenvalue weighted by Gasteiger charge is -2.29. The largest absolute Gasteiger partial charge is 0.497 e. The summed E-state index contributed by atoms with van der Waals surface area (Å²) in [7, 11) is 1.65. The first-order valence-electron chi connectivity index (χ1n) is 12.6. The Kier molecular flexibility index (Phi) is 5.09. The van der Waals surface area contributed by atoms with Gasteiger partial charge in [0.2, 0.25) is 5.95 Å². The highest BCUT2D eigenvalue weighted by Gasteiger charge is 2.44. The molecule has 7 nitrogen and oxygen atoms in total. The van der Waals surface area contributed by atoms with Crippen molar-refractivity contribution in [2.24, 2.45) is 0 Å². The number of hydrogen-bond acceptors (Lipinski definition) is 6. The maximum absolute atomic E-state index is 13.5. The topological polar surface area (TPSA) is 80.3 Å². The third kappa shape index (κ3) is 3.61. The molecule has 2 unspecified atom stereocenters. The van der Waals surface area contributed by atoms with Crippen LogP contribution < -0.4 is 15.1 Å². The molecule has 0 fully saturated rings. The van der Waals surface area contributed by atoms with Gasteiger partial charge in [-0.25, -0.2) is 9.97 Å². The minimum atomic E-state index is -0.196. The number of pyridine rings is 1. The fourth-order valence-electron chi connectivity index (χ4n) is 5.75. The van der Waals surface area contributed by atoms with Gasteiger partial charge < -0.3 is 19.4 Å². The van der Waals surface area contributed by atoms with Crippen LogP contribution in [0.15, 0.2) is 89.2 Å². The van der Waals surface area contributed by atoms with Crippen molar-refractivity contribution in [3.63, 3.8) is 0 Å². The summed E-state index contributed by atoms with van der Waals surface area (Å²) in [6.07, 6.45) is 10.7. The summed E-state index contributed by atoms with van der Waals surface area (Å²) in [5, 5.41) is 0.699. The number of methoxy groups -OCH3 is 1. The van der Waals surface area contributed by atoms with Gasteiger partial charge in [-0.3, -0.25) is 4.79 Å². The SMILES string of the molecule is COc1ccc(-c2cnc(N3Cc4c([nH]c5ccccc5c4=O)C3C3CC4=C(C=CCC4)O3)nc2)cc1. The molecule has 2 atom stereocenters. The van der Waals surface area contributed by atoms with Crippen molar-refractivity contribution in [2.45, 2.75) is 38.0 Å². The second kappa shape index (κ2) is 8.62. The van der Waals surface area contributed by atoms with E-state index in [4.69, 9.17) is 19.4 Å². The summed E-state index contributed by atoms with van der Waals surface area (Å²) in [6.45, 7) is 0.433. The lowest BCUT2D eigenvalue weighted by molar-refractivity contribution is 0.124. The number of aromatic amines is 1. The summed E-state index contributed by atoms with van der Waals surface area (Å²) in [6, 6.07) is 15.3. The number of rotatable bonds is 4. The third-order valence-corrected chi connectivity index (χ3v) is 7.63. The predicted molar refractivity (Wildman–Crippen MR) is 142 cm³/mol. The zero-order valence-electron chi connectivity index (χ0n) is 20.5. The standard InChI is InChI=1S/C30H26N4O3/c1-36-21-12-10-18(11-13-21)20-15-31-30(32-16-20)34-17-23-27(33-24-8-4-3-7-22(24)29(23)35)28(34)26-14-19-6-2-5-9-25(19)37-26/h3-5,7-13,15-16,26,28H,2,6,14,17H2,1H3,(H,33,35). The second-order valence-corrected chi connectivity index (χ2v) is 9.73. The highest BCUT2D eigenvalue weighted by Crippen LogP contribution is 2.44. The molecule has 0 spiro atoms. The van der Waals surface area contributed by atoms with E-state index in [0.29, 0.717) is 17.9 Å². The number of hydrogen-bond donors (Lipinski definition) is 1. The fourth-order valence-corrected chi connectivity index (χ4v) is 5.75. The van der Waals surface area contributed by atoms with Gasteiger partial charge in [-0.05, 0) is 54.3 Å². The van der Waals surface area contributed by atoms with E-state index in [1.54, 1.807) is 7.11 Å². The van der Waals surface area contributed by atoms with Crippen molar-refractivity contribution in [1.82, 2.24) is 15.0 Å². The zero-order valence-corrected chi connectivity index (χ0v) is 20.5. The maximum atomic E-state index is 13.5. The molecular weight excluding hydrogens is 464 g/mol. The Morgan fingerprint density at radius 1 is 1.05 bits per heavy atom. The van der Waals surface area contributed by atoms with Crippen molar-refractivity contribution >= 4 is 16.9 Å². The molecule has 0 saturated carbocycles. The molecule has 0 bridgehead atoms. The Morgan fingerprint density at radius 3 is 2.65 bits per heavy atom. The molecule has 0 radical (unpaired) electrons. The van der Waals surface area contributed by atoms with Gasteiger partial charge in [0.1, 0.15) is 23.7 Å². The van der Waals surface area contributed by atoms with Crippen molar-refractivity contribution in [3.05, 3.63) is 106 Å². The number of fused-ring (bicyclic) bond motifs is 2. The molecule has 0 saturated heterocycles. The number of ether oxygens (including phenoxy) is 2. The summed E-state index contributed by atoms with van der Waals surface area (Å²) in [4.78, 5) is 28.8. The van der Waals surface area contributed by atoms with Crippen LogP contribution in [0.25, 0.3) is 22.0 Å². The van der Waals surface area contributed by atoms with Crippen LogP contribution >= 0.6 is 0 Å². The number of nitrogens with zero attached hydrogens (tertiary/aromatic N) is 3. The molecule has 7 rings (SSSR count). The van der Waals surface area contributed by atoms with E-state index in [1.807, 2.05) is 60.9 Å². The van der Waals surface area contributed by atoms with E-state index in [2.05, 4.69) is 22.0 Å². The van der Waals surface area contributed by atoms with E-state index < -0.39 is 0 Å². The van der Waals surface area contributed by atoms with E-state index in [9.17, 15) is 4.79 Å². The lowest BCUT2D eigenvalue weighted by Crippen LogP contribution is -2.33. The van der Waals surface area contributed by atoms with Crippen molar-refractivity contribution in [3.8, 4) is 16.9 Å².